The number of thiol groups is 1. The van der Waals surface area contributed by atoms with Gasteiger partial charge in [-0.15, -0.1) is 0 Å². The summed E-state index contributed by atoms with van der Waals surface area (Å²) in [7, 11) is 1.46. The molecule has 7 heavy (non-hydrogen) atoms. The lowest BCUT2D eigenvalue weighted by molar-refractivity contribution is -0.112. The van der Waals surface area contributed by atoms with Crippen molar-refractivity contribution in [2.75, 3.05) is 5.75 Å². The molecule has 2 N–H and O–H groups in total. The first kappa shape index (κ1) is 7.04. The summed E-state index contributed by atoms with van der Waals surface area (Å²) in [4.78, 5) is 10.2. The quantitative estimate of drug-likeness (QED) is 0.338. The maximum absolute atomic E-state index is 10.2. The fourth-order valence-corrected chi connectivity index (χ4v) is 0.386. The van der Waals surface area contributed by atoms with E-state index in [9.17, 15) is 4.79 Å². The minimum absolute atomic E-state index is 0.00463. The first-order chi connectivity index (χ1) is 3.18. The molecule has 4 heteroatoms. The van der Waals surface area contributed by atoms with E-state index in [1.165, 1.54) is 7.85 Å². The van der Waals surface area contributed by atoms with Crippen LogP contribution in [0.5, 0.6) is 0 Å². The molecule has 0 saturated carbocycles. The molecule has 0 heterocycles. The Labute approximate surface area is 49.3 Å². The fourth-order valence-electron chi connectivity index (χ4n) is 0.129. The van der Waals surface area contributed by atoms with Gasteiger partial charge in [0.1, 0.15) is 5.68 Å². The van der Waals surface area contributed by atoms with Gasteiger partial charge in [0.25, 0.3) is 0 Å². The van der Waals surface area contributed by atoms with Gasteiger partial charge in [-0.3, -0.25) is 0 Å². The van der Waals surface area contributed by atoms with Crippen LogP contribution >= 0.6 is 12.6 Å². The van der Waals surface area contributed by atoms with E-state index in [0.717, 1.165) is 0 Å². The molecule has 0 bridgehead atoms. The van der Waals surface area contributed by atoms with Gasteiger partial charge in [-0.2, -0.15) is 12.6 Å². The topological polar surface area (TPSA) is 43.1 Å². The zero-order valence-corrected chi connectivity index (χ0v) is 5.11. The zero-order valence-electron chi connectivity index (χ0n) is 4.22. The summed E-state index contributed by atoms with van der Waals surface area (Å²) in [6.07, 6.45) is 0. The fraction of sp³-hybridized carbons (Fsp3) is 0.667. The molecule has 0 saturated heterocycles. The third kappa shape index (κ3) is 2.71. The van der Waals surface area contributed by atoms with Crippen molar-refractivity contribution in [2.24, 2.45) is 5.73 Å². The molecule has 0 aromatic heterocycles. The van der Waals surface area contributed by atoms with Gasteiger partial charge >= 0.3 is 0 Å². The predicted molar refractivity (Wildman–Crippen MR) is 35.4 cm³/mol. The molecule has 0 rings (SSSR count). The van der Waals surface area contributed by atoms with Crippen LogP contribution in [-0.2, 0) is 4.79 Å². The lowest BCUT2D eigenvalue weighted by atomic mass is 9.97. The first-order valence-corrected chi connectivity index (χ1v) is 2.68. The Morgan fingerprint density at radius 1 is 2.00 bits per heavy atom. The summed E-state index contributed by atoms with van der Waals surface area (Å²) in [5, 5.41) is 0. The normalized spacial score (nSPS) is 13.4. The Morgan fingerprint density at radius 3 is 2.43 bits per heavy atom. The molecule has 2 nitrogen and oxygen atoms in total. The van der Waals surface area contributed by atoms with Gasteiger partial charge < -0.3 is 10.5 Å². The molecule has 0 aliphatic carbocycles. The molecular weight excluding hydrogens is 109 g/mol. The van der Waals surface area contributed by atoms with Crippen LogP contribution in [0.1, 0.15) is 0 Å². The van der Waals surface area contributed by atoms with Crippen LogP contribution in [0.3, 0.4) is 0 Å². The molecule has 0 fully saturated rings. The van der Waals surface area contributed by atoms with Gasteiger partial charge in [-0.25, -0.2) is 0 Å². The maximum Gasteiger partial charge on any atom is 0.189 e. The summed E-state index contributed by atoms with van der Waals surface area (Å²) in [6, 6.07) is -0.372. The van der Waals surface area contributed by atoms with Crippen molar-refractivity contribution in [1.29, 1.82) is 0 Å². The SMILES string of the molecule is BC(=O)[C@@H](N)CS. The highest BCUT2D eigenvalue weighted by Gasteiger charge is 2.01. The Bertz CT molecular complexity index is 77.3. The largest absolute Gasteiger partial charge is 0.322 e. The first-order valence-electron chi connectivity index (χ1n) is 2.05. The lowest BCUT2D eigenvalue weighted by Gasteiger charge is -1.98. The van der Waals surface area contributed by atoms with E-state index in [4.69, 9.17) is 5.73 Å². The zero-order chi connectivity index (χ0) is 5.86. The van der Waals surface area contributed by atoms with Crippen LogP contribution < -0.4 is 5.73 Å². The number of hydrogen-bond donors (Lipinski definition) is 2. The van der Waals surface area contributed by atoms with Crippen LogP contribution in [-0.4, -0.2) is 25.3 Å². The number of carbonyl (C=O) groups excluding carboxylic acids is 1. The molecule has 0 aliphatic heterocycles. The molecule has 0 amide bonds. The minimum Gasteiger partial charge on any atom is -0.322 e. The van der Waals surface area contributed by atoms with E-state index in [1.54, 1.807) is 0 Å². The molecule has 0 spiro atoms. The highest BCUT2D eigenvalue weighted by molar-refractivity contribution is 7.80. The van der Waals surface area contributed by atoms with Crippen molar-refractivity contribution in [3.05, 3.63) is 0 Å². The van der Waals surface area contributed by atoms with Gasteiger partial charge in [0.15, 0.2) is 7.85 Å². The van der Waals surface area contributed by atoms with E-state index < -0.39 is 0 Å². The molecular formula is C3H8BNOS. The number of hydrogen-bond acceptors (Lipinski definition) is 3. The highest BCUT2D eigenvalue weighted by atomic mass is 32.1. The van der Waals surface area contributed by atoms with Crippen molar-refractivity contribution in [3.8, 4) is 0 Å². The van der Waals surface area contributed by atoms with Gasteiger partial charge in [0.05, 0.1) is 6.04 Å². The smallest absolute Gasteiger partial charge is 0.189 e. The number of carbonyl (C=O) groups is 1. The third-order valence-electron chi connectivity index (χ3n) is 0.719. The third-order valence-corrected chi connectivity index (χ3v) is 1.11. The summed E-state index contributed by atoms with van der Waals surface area (Å²) in [5.74, 6) is 0.440. The molecule has 0 aromatic rings. The second-order valence-corrected chi connectivity index (χ2v) is 1.76. The van der Waals surface area contributed by atoms with Crippen LogP contribution in [0.2, 0.25) is 0 Å². The monoisotopic (exact) mass is 117 g/mol. The van der Waals surface area contributed by atoms with Gasteiger partial charge in [0, 0.05) is 5.75 Å². The van der Waals surface area contributed by atoms with Crippen molar-refractivity contribution >= 4 is 26.2 Å². The number of nitrogens with two attached hydrogens (primary N) is 1. The summed E-state index contributed by atoms with van der Waals surface area (Å²) in [5.41, 5.74) is 5.19. The highest BCUT2D eigenvalue weighted by Crippen LogP contribution is 1.79. The Morgan fingerprint density at radius 2 is 2.43 bits per heavy atom. The maximum atomic E-state index is 10.2. The van der Waals surface area contributed by atoms with E-state index in [2.05, 4.69) is 12.6 Å². The molecule has 0 radical (unpaired) electrons. The Balaban J connectivity index is 3.34. The molecule has 40 valence electrons. The standard InChI is InChI=1S/C3H8BNOS/c4-3(6)2(5)1-7/h2,7H,1,4-5H2/t2-/m0/s1. The minimum atomic E-state index is -0.372. The van der Waals surface area contributed by atoms with Gasteiger partial charge in [-0.05, 0) is 0 Å². The average molecular weight is 117 g/mol. The van der Waals surface area contributed by atoms with E-state index in [-0.39, 0.29) is 11.7 Å². The van der Waals surface area contributed by atoms with Crippen molar-refractivity contribution in [1.82, 2.24) is 0 Å². The van der Waals surface area contributed by atoms with Crippen LogP contribution in [0, 0.1) is 0 Å². The summed E-state index contributed by atoms with van der Waals surface area (Å²) in [6.45, 7) is 0. The Kier molecular flexibility index (Phi) is 3.12. The van der Waals surface area contributed by atoms with Gasteiger partial charge in [-0.1, -0.05) is 0 Å². The molecule has 0 aromatic carbocycles. The van der Waals surface area contributed by atoms with Crippen LogP contribution in [0.4, 0.5) is 0 Å². The molecule has 1 atom stereocenters. The summed E-state index contributed by atoms with van der Waals surface area (Å²) < 4.78 is 0. The van der Waals surface area contributed by atoms with Gasteiger partial charge in [0.2, 0.25) is 0 Å². The lowest BCUT2D eigenvalue weighted by Crippen LogP contribution is -2.31. The molecule has 0 unspecified atom stereocenters. The van der Waals surface area contributed by atoms with Crippen molar-refractivity contribution in [2.45, 2.75) is 6.04 Å². The van der Waals surface area contributed by atoms with E-state index in [1.807, 2.05) is 0 Å². The number of rotatable bonds is 2. The van der Waals surface area contributed by atoms with E-state index in [0.29, 0.717) is 5.75 Å². The summed E-state index contributed by atoms with van der Waals surface area (Å²) >= 11 is 3.81. The van der Waals surface area contributed by atoms with E-state index >= 15 is 0 Å². The van der Waals surface area contributed by atoms with Crippen molar-refractivity contribution in [3.63, 3.8) is 0 Å². The van der Waals surface area contributed by atoms with Crippen LogP contribution in [0.15, 0.2) is 0 Å². The molecule has 0 aliphatic rings. The second-order valence-electron chi connectivity index (χ2n) is 1.40. The van der Waals surface area contributed by atoms with Crippen molar-refractivity contribution < 1.29 is 4.79 Å². The predicted octanol–water partition coefficient (Wildman–Crippen LogP) is -1.60. The average Bonchev–Trinajstić information content (AvgIpc) is 1.65. The van der Waals surface area contributed by atoms with Crippen LogP contribution in [0.25, 0.3) is 0 Å². The Hall–Kier alpha value is 0.0449. The second kappa shape index (κ2) is 3.10.